The van der Waals surface area contributed by atoms with E-state index in [0.29, 0.717) is 44.9 Å². The van der Waals surface area contributed by atoms with Gasteiger partial charge in [-0.25, -0.2) is 0 Å². The van der Waals surface area contributed by atoms with Gasteiger partial charge in [-0.3, -0.25) is 29.0 Å². The number of nitrogens with zero attached hydrogens (tertiary/aromatic N) is 1. The molecular weight excluding hydrogens is 685 g/mol. The average molecular weight is 733 g/mol. The van der Waals surface area contributed by atoms with Crippen molar-refractivity contribution >= 4 is 40.9 Å². The second-order valence-corrected chi connectivity index (χ2v) is 14.7. The molecule has 0 fully saturated rings. The van der Waals surface area contributed by atoms with Crippen LogP contribution in [0, 0.1) is 13.8 Å². The van der Waals surface area contributed by atoms with Crippen LogP contribution in [0.5, 0.6) is 0 Å². The largest absolute Gasteiger partial charge is 0.398 e. The molecule has 2 heterocycles. The molecule has 5 amide bonds. The van der Waals surface area contributed by atoms with E-state index in [0.717, 1.165) is 5.56 Å². The summed E-state index contributed by atoms with van der Waals surface area (Å²) in [5.74, 6) is -2.76. The number of nitrogen functional groups attached to an aromatic ring is 1. The number of aryl methyl sites for hydroxylation is 2. The third kappa shape index (κ3) is 9.28. The Morgan fingerprint density at radius 3 is 2.31 bits per heavy atom. The van der Waals surface area contributed by atoms with Crippen molar-refractivity contribution in [3.8, 4) is 22.4 Å². The Labute approximate surface area is 314 Å². The lowest BCUT2D eigenvalue weighted by Gasteiger charge is -2.23. The van der Waals surface area contributed by atoms with Crippen LogP contribution in [0.3, 0.4) is 0 Å². The number of nitrogens with two attached hydrogens (primary N) is 3. The van der Waals surface area contributed by atoms with Gasteiger partial charge in [0.2, 0.25) is 23.6 Å². The Kier molecular flexibility index (Phi) is 11.8. The first kappa shape index (κ1) is 39.1. The Bertz CT molecular complexity index is 2080. The third-order valence-electron chi connectivity index (χ3n) is 9.39. The van der Waals surface area contributed by atoms with Gasteiger partial charge in [-0.15, -0.1) is 0 Å². The molecule has 0 radical (unpaired) electrons. The lowest BCUT2D eigenvalue weighted by molar-refractivity contribution is -0.128. The predicted octanol–water partition coefficient (Wildman–Crippen LogP) is 3.18. The van der Waals surface area contributed by atoms with Crippen LogP contribution in [0.1, 0.15) is 65.5 Å². The van der Waals surface area contributed by atoms with Gasteiger partial charge < -0.3 is 38.5 Å². The van der Waals surface area contributed by atoms with Gasteiger partial charge in [0.05, 0.1) is 35.6 Å². The van der Waals surface area contributed by atoms with Crippen LogP contribution in [-0.2, 0) is 37.4 Å². The fraction of sp³-hybridized carbons (Fsp3) is 0.317. The number of carbonyl (C=O) groups is 5. The topological polar surface area (TPSA) is 224 Å². The maximum absolute atomic E-state index is 14.0. The number of hydrogen-bond donors (Lipinski definition) is 7. The predicted molar refractivity (Wildman–Crippen MR) is 209 cm³/mol. The number of rotatable bonds is 8. The van der Waals surface area contributed by atoms with Crippen molar-refractivity contribution in [1.82, 2.24) is 20.9 Å². The standard InChI is InChI=1S/C41H48N8O5/c1-22-15-25-17-29(27-8-6-7-24(16-27)19-34(50)45-21-35(51)47-33(18-25)38(44)52)37(22)49-39(53)31(13-14-42)48-40(54)36-23(2)46-32(20-30(36)43)26-9-11-28(12-10-26)41(3,4)5/h6-12,15-17,20,31,33H,13-14,18-19,21,42H2,1-5H3,(H2,43,46)(H2,44,52)(H,45,50)(H,47,51)(H,48,54)(H,49,53)/t31-,33?/m0/s1. The van der Waals surface area contributed by atoms with Crippen LogP contribution in [-0.4, -0.2) is 59.7 Å². The van der Waals surface area contributed by atoms with E-state index in [1.54, 1.807) is 44.2 Å². The summed E-state index contributed by atoms with van der Waals surface area (Å²) in [5.41, 5.74) is 25.2. The summed E-state index contributed by atoms with van der Waals surface area (Å²) in [6.07, 6.45) is 0.185. The second-order valence-electron chi connectivity index (χ2n) is 14.7. The molecule has 0 aliphatic carbocycles. The van der Waals surface area contributed by atoms with Crippen molar-refractivity contribution in [2.75, 3.05) is 24.1 Å². The molecule has 5 rings (SSSR count). The first-order valence-corrected chi connectivity index (χ1v) is 17.8. The van der Waals surface area contributed by atoms with E-state index in [2.05, 4.69) is 47.0 Å². The van der Waals surface area contributed by atoms with Crippen molar-refractivity contribution in [3.63, 3.8) is 0 Å². The van der Waals surface area contributed by atoms with Crippen molar-refractivity contribution < 1.29 is 24.0 Å². The maximum Gasteiger partial charge on any atom is 0.255 e. The van der Waals surface area contributed by atoms with Gasteiger partial charge in [0.1, 0.15) is 12.1 Å². The number of hydrogen-bond acceptors (Lipinski definition) is 8. The number of fused-ring (bicyclic) bond motifs is 5. The van der Waals surface area contributed by atoms with E-state index in [4.69, 9.17) is 17.2 Å². The summed E-state index contributed by atoms with van der Waals surface area (Å²) in [4.78, 5) is 70.0. The number of benzene rings is 3. The molecule has 4 bridgehead atoms. The Hall–Kier alpha value is -6.08. The van der Waals surface area contributed by atoms with E-state index in [9.17, 15) is 24.0 Å². The van der Waals surface area contributed by atoms with Crippen LogP contribution >= 0.6 is 0 Å². The summed E-state index contributed by atoms with van der Waals surface area (Å²) < 4.78 is 0. The Morgan fingerprint density at radius 1 is 0.944 bits per heavy atom. The highest BCUT2D eigenvalue weighted by molar-refractivity contribution is 6.06. The number of primary amides is 1. The van der Waals surface area contributed by atoms with Crippen LogP contribution in [0.25, 0.3) is 22.4 Å². The number of anilines is 2. The number of carbonyl (C=O) groups excluding carboxylic acids is 5. The molecule has 10 N–H and O–H groups in total. The van der Waals surface area contributed by atoms with E-state index in [1.807, 2.05) is 36.4 Å². The number of amides is 5. The fourth-order valence-electron chi connectivity index (χ4n) is 6.51. The number of aromatic nitrogens is 1. The summed E-state index contributed by atoms with van der Waals surface area (Å²) >= 11 is 0. The minimum atomic E-state index is -1.05. The molecular formula is C41H48N8O5. The molecule has 3 aromatic carbocycles. The van der Waals surface area contributed by atoms with Crippen molar-refractivity contribution in [2.45, 2.75) is 71.4 Å². The molecule has 54 heavy (non-hydrogen) atoms. The molecule has 0 saturated heterocycles. The van der Waals surface area contributed by atoms with E-state index in [1.165, 1.54) is 5.56 Å². The molecule has 0 saturated carbocycles. The van der Waals surface area contributed by atoms with Gasteiger partial charge >= 0.3 is 0 Å². The van der Waals surface area contributed by atoms with Crippen LogP contribution in [0.4, 0.5) is 11.4 Å². The molecule has 1 unspecified atom stereocenters. The number of nitrogens with one attached hydrogen (secondary N) is 4. The quantitative estimate of drug-likeness (QED) is 0.142. The van der Waals surface area contributed by atoms with Gasteiger partial charge in [0.15, 0.2) is 0 Å². The zero-order valence-corrected chi connectivity index (χ0v) is 31.3. The van der Waals surface area contributed by atoms with Gasteiger partial charge in [-0.2, -0.15) is 0 Å². The van der Waals surface area contributed by atoms with Crippen LogP contribution in [0.2, 0.25) is 0 Å². The van der Waals surface area contributed by atoms with Crippen molar-refractivity contribution in [3.05, 3.63) is 100 Å². The van der Waals surface area contributed by atoms with Gasteiger partial charge in [-0.1, -0.05) is 75.4 Å². The molecule has 1 aliphatic heterocycles. The molecule has 2 atom stereocenters. The monoisotopic (exact) mass is 732 g/mol. The molecule has 13 heteroatoms. The summed E-state index contributed by atoms with van der Waals surface area (Å²) in [6.45, 7) is 9.70. The van der Waals surface area contributed by atoms with Crippen LogP contribution < -0.4 is 38.5 Å². The maximum atomic E-state index is 14.0. The van der Waals surface area contributed by atoms with Gasteiger partial charge in [-0.05, 0) is 72.2 Å². The van der Waals surface area contributed by atoms with Gasteiger partial charge in [0, 0.05) is 23.2 Å². The Morgan fingerprint density at radius 2 is 1.67 bits per heavy atom. The minimum absolute atomic E-state index is 0.00674. The second kappa shape index (κ2) is 16.3. The fourth-order valence-corrected chi connectivity index (χ4v) is 6.51. The summed E-state index contributed by atoms with van der Waals surface area (Å²) in [6, 6.07) is 18.5. The van der Waals surface area contributed by atoms with Crippen molar-refractivity contribution in [2.24, 2.45) is 11.5 Å². The highest BCUT2D eigenvalue weighted by Gasteiger charge is 2.27. The zero-order valence-electron chi connectivity index (χ0n) is 31.3. The first-order chi connectivity index (χ1) is 25.5. The zero-order chi connectivity index (χ0) is 39.3. The van der Waals surface area contributed by atoms with Crippen LogP contribution in [0.15, 0.2) is 66.7 Å². The molecule has 1 aliphatic rings. The minimum Gasteiger partial charge on any atom is -0.398 e. The lowest BCUT2D eigenvalue weighted by atomic mass is 9.86. The normalized spacial score (nSPS) is 15.3. The molecule has 13 nitrogen and oxygen atoms in total. The molecule has 4 aromatic rings. The van der Waals surface area contributed by atoms with Gasteiger partial charge in [0.25, 0.3) is 5.91 Å². The number of pyridine rings is 1. The molecule has 1 aromatic heterocycles. The summed E-state index contributed by atoms with van der Waals surface area (Å²) in [7, 11) is 0. The van der Waals surface area contributed by atoms with E-state index >= 15 is 0 Å². The highest BCUT2D eigenvalue weighted by atomic mass is 16.2. The lowest BCUT2D eigenvalue weighted by Crippen LogP contribution is -2.49. The first-order valence-electron chi connectivity index (χ1n) is 17.8. The van der Waals surface area contributed by atoms with Crippen molar-refractivity contribution in [1.29, 1.82) is 0 Å². The molecule has 282 valence electrons. The van der Waals surface area contributed by atoms with E-state index < -0.39 is 35.7 Å². The third-order valence-corrected chi connectivity index (χ3v) is 9.39. The average Bonchev–Trinajstić information content (AvgIpc) is 3.10. The van der Waals surface area contributed by atoms with E-state index in [-0.39, 0.29) is 54.9 Å². The summed E-state index contributed by atoms with van der Waals surface area (Å²) in [5, 5.41) is 11.0. The SMILES string of the molecule is Cc1cc2cc(c1NC(=O)[C@H](CCN)NC(=O)c1c(N)cc(-c3ccc(C(C)(C)C)cc3)nc1C)-c1cccc(c1)CC(=O)NCC(=O)NC(C(N)=O)C2. The highest BCUT2D eigenvalue weighted by Crippen LogP contribution is 2.34. The smallest absolute Gasteiger partial charge is 0.255 e. The Balaban J connectivity index is 1.45. The molecule has 0 spiro atoms.